The van der Waals surface area contributed by atoms with E-state index in [2.05, 4.69) is 51.3 Å². The third-order valence-corrected chi connectivity index (χ3v) is 8.50. The smallest absolute Gasteiger partial charge is 0.243 e. The van der Waals surface area contributed by atoms with E-state index in [1.165, 1.54) is 19.3 Å². The van der Waals surface area contributed by atoms with Crippen LogP contribution in [0.15, 0.2) is 12.2 Å². The van der Waals surface area contributed by atoms with Crippen molar-refractivity contribution in [2.45, 2.75) is 84.7 Å². The SMILES string of the molecule is CC(C)(C)NC(=O)C1CCC2[C@@H]3CCC4NC(=O)C=C[C@]4(C)C3CC[C@]12C. The van der Waals surface area contributed by atoms with Gasteiger partial charge in [-0.3, -0.25) is 9.59 Å². The standard InChI is InChI=1S/C23H36N2O2/c1-21(2,3)25-20(27)17-8-7-15-14-6-9-18-23(5,13-11-19(26)24-18)16(14)10-12-22(15,17)4/h11,13-18H,6-10,12H2,1-5H3,(H,24,26)(H,25,27)/t14-,15?,16?,17?,18?,22-,23+/m0/s1. The minimum atomic E-state index is -0.167. The molecule has 4 heteroatoms. The first-order valence-corrected chi connectivity index (χ1v) is 10.9. The third kappa shape index (κ3) is 2.94. The van der Waals surface area contributed by atoms with Crippen LogP contribution in [-0.2, 0) is 9.59 Å². The molecule has 150 valence electrons. The van der Waals surface area contributed by atoms with E-state index in [0.29, 0.717) is 17.8 Å². The van der Waals surface area contributed by atoms with Gasteiger partial charge in [0.25, 0.3) is 0 Å². The lowest BCUT2D eigenvalue weighted by Crippen LogP contribution is -2.59. The fourth-order valence-electron chi connectivity index (χ4n) is 7.22. The van der Waals surface area contributed by atoms with Crippen molar-refractivity contribution in [1.29, 1.82) is 0 Å². The Kier molecular flexibility index (Phi) is 4.29. The van der Waals surface area contributed by atoms with Crippen LogP contribution in [0.1, 0.15) is 73.1 Å². The number of amides is 2. The summed E-state index contributed by atoms with van der Waals surface area (Å²) in [5.41, 5.74) is 0.0323. The Labute approximate surface area is 163 Å². The summed E-state index contributed by atoms with van der Waals surface area (Å²) in [6.45, 7) is 11.0. The van der Waals surface area contributed by atoms with Gasteiger partial charge in [-0.25, -0.2) is 0 Å². The van der Waals surface area contributed by atoms with E-state index < -0.39 is 0 Å². The molecule has 0 bridgehead atoms. The molecule has 1 heterocycles. The molecule has 0 spiro atoms. The first-order chi connectivity index (χ1) is 12.5. The maximum absolute atomic E-state index is 13.0. The van der Waals surface area contributed by atoms with Crippen molar-refractivity contribution in [3.63, 3.8) is 0 Å². The summed E-state index contributed by atoms with van der Waals surface area (Å²) in [7, 11) is 0. The first-order valence-electron chi connectivity index (χ1n) is 10.9. The second-order valence-corrected chi connectivity index (χ2v) is 11.1. The Balaban J connectivity index is 1.58. The van der Waals surface area contributed by atoms with Gasteiger partial charge in [0.1, 0.15) is 0 Å². The van der Waals surface area contributed by atoms with Gasteiger partial charge >= 0.3 is 0 Å². The van der Waals surface area contributed by atoms with Crippen LogP contribution in [0.25, 0.3) is 0 Å². The highest BCUT2D eigenvalue weighted by Gasteiger charge is 2.60. The van der Waals surface area contributed by atoms with Crippen LogP contribution in [0.5, 0.6) is 0 Å². The van der Waals surface area contributed by atoms with Gasteiger partial charge in [0.2, 0.25) is 11.8 Å². The van der Waals surface area contributed by atoms with Crippen LogP contribution in [-0.4, -0.2) is 23.4 Å². The highest BCUT2D eigenvalue weighted by molar-refractivity contribution is 5.89. The molecule has 0 radical (unpaired) electrons. The van der Waals surface area contributed by atoms with Crippen molar-refractivity contribution in [3.05, 3.63) is 12.2 Å². The molecule has 4 unspecified atom stereocenters. The Bertz CT molecular complexity index is 678. The Hall–Kier alpha value is -1.32. The molecule has 27 heavy (non-hydrogen) atoms. The van der Waals surface area contributed by atoms with E-state index in [1.807, 2.05) is 0 Å². The highest BCUT2D eigenvalue weighted by Crippen LogP contribution is 2.65. The minimum absolute atomic E-state index is 0.0661. The molecule has 4 nitrogen and oxygen atoms in total. The number of fused-ring (bicyclic) bond motifs is 5. The Morgan fingerprint density at radius 1 is 1.11 bits per heavy atom. The lowest BCUT2D eigenvalue weighted by Gasteiger charge is -2.58. The van der Waals surface area contributed by atoms with Crippen molar-refractivity contribution < 1.29 is 9.59 Å². The Morgan fingerprint density at radius 2 is 1.85 bits per heavy atom. The second-order valence-electron chi connectivity index (χ2n) is 11.1. The summed E-state index contributed by atoms with van der Waals surface area (Å²) in [5, 5.41) is 6.48. The summed E-state index contributed by atoms with van der Waals surface area (Å²) in [5.74, 6) is 2.41. The molecule has 3 fully saturated rings. The third-order valence-electron chi connectivity index (χ3n) is 8.50. The van der Waals surface area contributed by atoms with Crippen molar-refractivity contribution in [2.24, 2.45) is 34.5 Å². The normalized spacial score (nSPS) is 46.1. The number of carbonyl (C=O) groups excluding carboxylic acids is 2. The van der Waals surface area contributed by atoms with E-state index in [9.17, 15) is 9.59 Å². The van der Waals surface area contributed by atoms with Gasteiger partial charge in [-0.05, 0) is 88.5 Å². The van der Waals surface area contributed by atoms with Gasteiger partial charge in [0.15, 0.2) is 0 Å². The maximum Gasteiger partial charge on any atom is 0.243 e. The number of nitrogens with one attached hydrogen (secondary N) is 2. The molecular weight excluding hydrogens is 336 g/mol. The molecule has 2 amide bonds. The fourth-order valence-corrected chi connectivity index (χ4v) is 7.22. The zero-order chi connectivity index (χ0) is 19.6. The summed E-state index contributed by atoms with van der Waals surface area (Å²) in [6, 6.07) is 0.280. The van der Waals surface area contributed by atoms with Gasteiger partial charge in [-0.2, -0.15) is 0 Å². The van der Waals surface area contributed by atoms with Crippen molar-refractivity contribution in [2.75, 3.05) is 0 Å². The van der Waals surface area contributed by atoms with E-state index in [1.54, 1.807) is 6.08 Å². The summed E-state index contributed by atoms with van der Waals surface area (Å²) in [4.78, 5) is 24.9. The zero-order valence-electron chi connectivity index (χ0n) is 17.6. The largest absolute Gasteiger partial charge is 0.351 e. The van der Waals surface area contributed by atoms with E-state index in [4.69, 9.17) is 0 Å². The lowest BCUT2D eigenvalue weighted by atomic mass is 9.48. The van der Waals surface area contributed by atoms with E-state index >= 15 is 0 Å². The van der Waals surface area contributed by atoms with Crippen LogP contribution >= 0.6 is 0 Å². The highest BCUT2D eigenvalue weighted by atomic mass is 16.2. The quantitative estimate of drug-likeness (QED) is 0.735. The van der Waals surface area contributed by atoms with Crippen molar-refractivity contribution >= 4 is 11.8 Å². The fraction of sp³-hybridized carbons (Fsp3) is 0.826. The van der Waals surface area contributed by atoms with Crippen molar-refractivity contribution in [1.82, 2.24) is 10.6 Å². The van der Waals surface area contributed by atoms with Gasteiger partial charge < -0.3 is 10.6 Å². The summed E-state index contributed by atoms with van der Waals surface area (Å²) < 4.78 is 0. The number of hydrogen-bond donors (Lipinski definition) is 2. The average molecular weight is 373 g/mol. The predicted molar refractivity (Wildman–Crippen MR) is 107 cm³/mol. The monoisotopic (exact) mass is 372 g/mol. The second kappa shape index (κ2) is 6.09. The summed E-state index contributed by atoms with van der Waals surface area (Å²) >= 11 is 0. The van der Waals surface area contributed by atoms with Gasteiger partial charge in [0, 0.05) is 22.9 Å². The minimum Gasteiger partial charge on any atom is -0.351 e. The topological polar surface area (TPSA) is 58.2 Å². The van der Waals surface area contributed by atoms with Gasteiger partial charge in [-0.1, -0.05) is 19.9 Å². The molecule has 0 aromatic carbocycles. The number of carbonyl (C=O) groups is 2. The zero-order valence-corrected chi connectivity index (χ0v) is 17.6. The molecule has 2 N–H and O–H groups in total. The summed E-state index contributed by atoms with van der Waals surface area (Å²) in [6.07, 6.45) is 10.7. The van der Waals surface area contributed by atoms with Crippen LogP contribution in [0, 0.1) is 34.5 Å². The van der Waals surface area contributed by atoms with Crippen molar-refractivity contribution in [3.8, 4) is 0 Å². The first kappa shape index (κ1) is 19.0. The molecule has 0 aromatic rings. The molecule has 1 aliphatic heterocycles. The van der Waals surface area contributed by atoms with Crippen LogP contribution in [0.2, 0.25) is 0 Å². The predicted octanol–water partition coefficient (Wildman–Crippen LogP) is 3.81. The van der Waals surface area contributed by atoms with Gasteiger partial charge in [0.05, 0.1) is 0 Å². The lowest BCUT2D eigenvalue weighted by molar-refractivity contribution is -0.135. The molecule has 0 saturated heterocycles. The number of hydrogen-bond acceptors (Lipinski definition) is 2. The molecule has 0 aromatic heterocycles. The van der Waals surface area contributed by atoms with Crippen LogP contribution in [0.4, 0.5) is 0 Å². The van der Waals surface area contributed by atoms with E-state index in [0.717, 1.165) is 19.3 Å². The molecule has 7 atom stereocenters. The van der Waals surface area contributed by atoms with Gasteiger partial charge in [-0.15, -0.1) is 0 Å². The van der Waals surface area contributed by atoms with Crippen LogP contribution in [0.3, 0.4) is 0 Å². The Morgan fingerprint density at radius 3 is 2.56 bits per heavy atom. The van der Waals surface area contributed by atoms with Crippen LogP contribution < -0.4 is 10.6 Å². The molecule has 3 saturated carbocycles. The molecule has 4 rings (SSSR count). The van der Waals surface area contributed by atoms with E-state index in [-0.39, 0.29) is 40.1 Å². The molecular formula is C23H36N2O2. The number of rotatable bonds is 1. The maximum atomic E-state index is 13.0. The molecule has 4 aliphatic rings. The molecule has 3 aliphatic carbocycles. The average Bonchev–Trinajstić information content (AvgIpc) is 2.91.